The maximum Gasteiger partial charge on any atom is 0.185 e. The van der Waals surface area contributed by atoms with E-state index in [-0.39, 0.29) is 5.78 Å². The zero-order valence-electron chi connectivity index (χ0n) is 16.2. The molecule has 0 saturated carbocycles. The standard InChI is InChI=1S/C23H26O4/c1-5-8-21-18(15-20(26-6-2)16-23(21)27-7-3)11-14-22(24)17-9-12-19(25-4)13-10-17/h5,9-16H,1,6-8H2,2-4H3. The Bertz CT molecular complexity index is 804. The quantitative estimate of drug-likeness (QED) is 0.333. The molecule has 2 aromatic rings. The fourth-order valence-electron chi connectivity index (χ4n) is 2.70. The van der Waals surface area contributed by atoms with Gasteiger partial charge in [0.25, 0.3) is 0 Å². The van der Waals surface area contributed by atoms with E-state index < -0.39 is 0 Å². The van der Waals surface area contributed by atoms with E-state index in [2.05, 4.69) is 6.58 Å². The van der Waals surface area contributed by atoms with E-state index in [0.717, 1.165) is 22.6 Å². The zero-order valence-corrected chi connectivity index (χ0v) is 16.2. The highest BCUT2D eigenvalue weighted by atomic mass is 16.5. The number of carbonyl (C=O) groups is 1. The van der Waals surface area contributed by atoms with Crippen LogP contribution in [0.15, 0.2) is 55.1 Å². The van der Waals surface area contributed by atoms with Crippen molar-refractivity contribution in [1.82, 2.24) is 0 Å². The van der Waals surface area contributed by atoms with Gasteiger partial charge in [0.1, 0.15) is 17.2 Å². The van der Waals surface area contributed by atoms with E-state index in [4.69, 9.17) is 14.2 Å². The second-order valence-electron chi connectivity index (χ2n) is 5.77. The number of methoxy groups -OCH3 is 1. The molecular formula is C23H26O4. The maximum absolute atomic E-state index is 12.5. The van der Waals surface area contributed by atoms with Crippen molar-refractivity contribution < 1.29 is 19.0 Å². The Morgan fingerprint density at radius 2 is 1.74 bits per heavy atom. The molecule has 0 radical (unpaired) electrons. The number of hydrogen-bond donors (Lipinski definition) is 0. The van der Waals surface area contributed by atoms with Gasteiger partial charge in [-0.15, -0.1) is 6.58 Å². The minimum atomic E-state index is -0.0815. The van der Waals surface area contributed by atoms with Crippen LogP contribution >= 0.6 is 0 Å². The summed E-state index contributed by atoms with van der Waals surface area (Å²) in [4.78, 5) is 12.5. The molecule has 0 saturated heterocycles. The molecule has 0 aliphatic heterocycles. The Labute approximate surface area is 161 Å². The largest absolute Gasteiger partial charge is 0.497 e. The molecule has 0 N–H and O–H groups in total. The smallest absolute Gasteiger partial charge is 0.185 e. The molecule has 4 nitrogen and oxygen atoms in total. The summed E-state index contributed by atoms with van der Waals surface area (Å²) >= 11 is 0. The molecule has 142 valence electrons. The summed E-state index contributed by atoms with van der Waals surface area (Å²) in [5.74, 6) is 2.10. The first-order chi connectivity index (χ1) is 13.1. The Hall–Kier alpha value is -3.01. The lowest BCUT2D eigenvalue weighted by Crippen LogP contribution is -2.01. The van der Waals surface area contributed by atoms with E-state index in [1.54, 1.807) is 43.5 Å². The van der Waals surface area contributed by atoms with Crippen LogP contribution in [0.5, 0.6) is 17.2 Å². The first-order valence-electron chi connectivity index (χ1n) is 9.02. The first-order valence-corrected chi connectivity index (χ1v) is 9.02. The Kier molecular flexibility index (Phi) is 7.68. The molecular weight excluding hydrogens is 340 g/mol. The van der Waals surface area contributed by atoms with Gasteiger partial charge in [0.2, 0.25) is 0 Å². The lowest BCUT2D eigenvalue weighted by atomic mass is 10.0. The van der Waals surface area contributed by atoms with Crippen molar-refractivity contribution in [3.8, 4) is 17.2 Å². The highest BCUT2D eigenvalue weighted by Crippen LogP contribution is 2.31. The topological polar surface area (TPSA) is 44.8 Å². The van der Waals surface area contributed by atoms with E-state index >= 15 is 0 Å². The third kappa shape index (κ3) is 5.48. The summed E-state index contributed by atoms with van der Waals surface area (Å²) < 4.78 is 16.5. The minimum absolute atomic E-state index is 0.0815. The van der Waals surface area contributed by atoms with Crippen LogP contribution in [0, 0.1) is 0 Å². The summed E-state index contributed by atoms with van der Waals surface area (Å²) in [7, 11) is 1.60. The Morgan fingerprint density at radius 3 is 2.33 bits per heavy atom. The summed E-state index contributed by atoms with van der Waals surface area (Å²) in [6, 6.07) is 10.8. The van der Waals surface area contributed by atoms with Gasteiger partial charge >= 0.3 is 0 Å². The average Bonchev–Trinajstić information content (AvgIpc) is 2.69. The molecule has 0 aliphatic carbocycles. The van der Waals surface area contributed by atoms with Crippen LogP contribution in [0.2, 0.25) is 0 Å². The molecule has 0 fully saturated rings. The molecule has 0 bridgehead atoms. The molecule has 0 unspecified atom stereocenters. The Morgan fingerprint density at radius 1 is 1.04 bits per heavy atom. The van der Waals surface area contributed by atoms with Gasteiger partial charge in [-0.05, 0) is 62.2 Å². The van der Waals surface area contributed by atoms with Crippen molar-refractivity contribution in [1.29, 1.82) is 0 Å². The van der Waals surface area contributed by atoms with Crippen molar-refractivity contribution in [2.45, 2.75) is 20.3 Å². The summed E-state index contributed by atoms with van der Waals surface area (Å²) in [6.45, 7) is 8.80. The van der Waals surface area contributed by atoms with Gasteiger partial charge in [-0.3, -0.25) is 4.79 Å². The maximum atomic E-state index is 12.5. The van der Waals surface area contributed by atoms with Crippen molar-refractivity contribution >= 4 is 11.9 Å². The normalized spacial score (nSPS) is 10.6. The first kappa shape index (κ1) is 20.3. The second kappa shape index (κ2) is 10.2. The lowest BCUT2D eigenvalue weighted by Gasteiger charge is -2.15. The summed E-state index contributed by atoms with van der Waals surface area (Å²) in [6.07, 6.45) is 5.82. The van der Waals surface area contributed by atoms with Crippen molar-refractivity contribution in [2.24, 2.45) is 0 Å². The van der Waals surface area contributed by atoms with Crippen LogP contribution in [0.4, 0.5) is 0 Å². The molecule has 2 rings (SSSR count). The molecule has 4 heteroatoms. The fourth-order valence-corrected chi connectivity index (χ4v) is 2.70. The van der Waals surface area contributed by atoms with Gasteiger partial charge in [0.05, 0.1) is 20.3 Å². The molecule has 27 heavy (non-hydrogen) atoms. The van der Waals surface area contributed by atoms with E-state index in [1.807, 2.05) is 32.1 Å². The van der Waals surface area contributed by atoms with E-state index in [0.29, 0.717) is 30.9 Å². The predicted octanol–water partition coefficient (Wildman–Crippen LogP) is 5.12. The number of hydrogen-bond acceptors (Lipinski definition) is 4. The van der Waals surface area contributed by atoms with Crippen LogP contribution in [-0.2, 0) is 6.42 Å². The molecule has 0 atom stereocenters. The van der Waals surface area contributed by atoms with Crippen LogP contribution in [-0.4, -0.2) is 26.1 Å². The monoisotopic (exact) mass is 366 g/mol. The third-order valence-electron chi connectivity index (χ3n) is 3.97. The number of ether oxygens (including phenoxy) is 3. The highest BCUT2D eigenvalue weighted by molar-refractivity contribution is 6.07. The van der Waals surface area contributed by atoms with E-state index in [1.165, 1.54) is 0 Å². The zero-order chi connectivity index (χ0) is 19.6. The molecule has 0 amide bonds. The number of benzene rings is 2. The molecule has 2 aromatic carbocycles. The summed E-state index contributed by atoms with van der Waals surface area (Å²) in [5, 5.41) is 0. The van der Waals surface area contributed by atoms with Gasteiger partial charge in [0.15, 0.2) is 5.78 Å². The fraction of sp³-hybridized carbons (Fsp3) is 0.261. The van der Waals surface area contributed by atoms with E-state index in [9.17, 15) is 4.79 Å². The number of rotatable bonds is 10. The van der Waals surface area contributed by atoms with Gasteiger partial charge < -0.3 is 14.2 Å². The minimum Gasteiger partial charge on any atom is -0.497 e. The second-order valence-corrected chi connectivity index (χ2v) is 5.77. The van der Waals surface area contributed by atoms with Crippen LogP contribution in [0.1, 0.15) is 35.3 Å². The predicted molar refractivity (Wildman–Crippen MR) is 109 cm³/mol. The third-order valence-corrected chi connectivity index (χ3v) is 3.97. The van der Waals surface area contributed by atoms with Crippen molar-refractivity contribution in [2.75, 3.05) is 20.3 Å². The lowest BCUT2D eigenvalue weighted by molar-refractivity contribution is 0.104. The molecule has 0 spiro atoms. The average molecular weight is 366 g/mol. The number of ketones is 1. The van der Waals surface area contributed by atoms with Crippen LogP contribution in [0.25, 0.3) is 6.08 Å². The van der Waals surface area contributed by atoms with Crippen LogP contribution < -0.4 is 14.2 Å². The van der Waals surface area contributed by atoms with Gasteiger partial charge in [-0.25, -0.2) is 0 Å². The van der Waals surface area contributed by atoms with Gasteiger partial charge in [0, 0.05) is 17.2 Å². The Balaban J connectivity index is 2.36. The number of carbonyl (C=O) groups excluding carboxylic acids is 1. The highest BCUT2D eigenvalue weighted by Gasteiger charge is 2.11. The summed E-state index contributed by atoms with van der Waals surface area (Å²) in [5.41, 5.74) is 2.46. The molecule has 0 aliphatic rings. The van der Waals surface area contributed by atoms with Crippen molar-refractivity contribution in [3.63, 3.8) is 0 Å². The van der Waals surface area contributed by atoms with Gasteiger partial charge in [-0.1, -0.05) is 12.2 Å². The number of allylic oxidation sites excluding steroid dienone is 2. The molecule has 0 heterocycles. The van der Waals surface area contributed by atoms with Gasteiger partial charge in [-0.2, -0.15) is 0 Å². The molecule has 0 aromatic heterocycles. The SMILES string of the molecule is C=CCc1c(C=CC(=O)c2ccc(OC)cc2)cc(OCC)cc1OCC. The van der Waals surface area contributed by atoms with Crippen molar-refractivity contribution in [3.05, 3.63) is 71.8 Å². The van der Waals surface area contributed by atoms with Crippen LogP contribution in [0.3, 0.4) is 0 Å².